The highest BCUT2D eigenvalue weighted by Gasteiger charge is 2.34. The van der Waals surface area contributed by atoms with Gasteiger partial charge in [0.2, 0.25) is 0 Å². The number of ether oxygens (including phenoxy) is 2. The molecule has 3 rings (SSSR count). The quantitative estimate of drug-likeness (QED) is 0.846. The second-order valence-electron chi connectivity index (χ2n) is 6.02. The lowest BCUT2D eigenvalue weighted by Gasteiger charge is -2.24. The summed E-state index contributed by atoms with van der Waals surface area (Å²) >= 11 is 0. The Bertz CT molecular complexity index is 531. The van der Waals surface area contributed by atoms with E-state index >= 15 is 0 Å². The molecule has 2 atom stereocenters. The molecule has 3 nitrogen and oxygen atoms in total. The topological polar surface area (TPSA) is 21.7 Å². The fourth-order valence-corrected chi connectivity index (χ4v) is 2.98. The zero-order valence-electron chi connectivity index (χ0n) is 13.2. The van der Waals surface area contributed by atoms with Gasteiger partial charge in [0.25, 0.3) is 0 Å². The van der Waals surface area contributed by atoms with Gasteiger partial charge in [-0.15, -0.1) is 0 Å². The average molecular weight is 297 g/mol. The lowest BCUT2D eigenvalue weighted by Crippen LogP contribution is -2.29. The van der Waals surface area contributed by atoms with Crippen molar-refractivity contribution in [2.24, 2.45) is 0 Å². The van der Waals surface area contributed by atoms with Crippen molar-refractivity contribution in [2.45, 2.75) is 18.3 Å². The first kappa shape index (κ1) is 15.2. The third-order valence-electron chi connectivity index (χ3n) is 3.93. The molecule has 0 aliphatic carbocycles. The van der Waals surface area contributed by atoms with Gasteiger partial charge in [0, 0.05) is 6.54 Å². The van der Waals surface area contributed by atoms with Crippen LogP contribution < -0.4 is 0 Å². The van der Waals surface area contributed by atoms with Crippen LogP contribution in [0.15, 0.2) is 60.7 Å². The van der Waals surface area contributed by atoms with Crippen molar-refractivity contribution < 1.29 is 9.47 Å². The van der Waals surface area contributed by atoms with Crippen molar-refractivity contribution in [2.75, 3.05) is 27.2 Å². The van der Waals surface area contributed by atoms with Gasteiger partial charge < -0.3 is 14.4 Å². The summed E-state index contributed by atoms with van der Waals surface area (Å²) in [6, 6.07) is 20.9. The molecule has 0 saturated carbocycles. The van der Waals surface area contributed by atoms with Gasteiger partial charge in [-0.3, -0.25) is 0 Å². The minimum Gasteiger partial charge on any atom is -0.349 e. The van der Waals surface area contributed by atoms with Crippen LogP contribution in [0.5, 0.6) is 0 Å². The second kappa shape index (κ2) is 7.05. The molecule has 0 aromatic heterocycles. The SMILES string of the molecule is CN(C)C[C@@H]1CO[C@H](C(c2ccccc2)c2ccccc2)O1. The average Bonchev–Trinajstić information content (AvgIpc) is 2.97. The third-order valence-corrected chi connectivity index (χ3v) is 3.93. The molecule has 1 heterocycles. The van der Waals surface area contributed by atoms with E-state index in [9.17, 15) is 0 Å². The Kier molecular flexibility index (Phi) is 4.88. The third kappa shape index (κ3) is 3.55. The summed E-state index contributed by atoms with van der Waals surface area (Å²) < 4.78 is 12.2. The molecule has 0 radical (unpaired) electrons. The van der Waals surface area contributed by atoms with Gasteiger partial charge in [-0.1, -0.05) is 60.7 Å². The highest BCUT2D eigenvalue weighted by molar-refractivity contribution is 5.33. The van der Waals surface area contributed by atoms with E-state index in [1.807, 2.05) is 12.1 Å². The maximum Gasteiger partial charge on any atom is 0.169 e. The Hall–Kier alpha value is -1.68. The molecule has 3 heteroatoms. The molecule has 2 aromatic rings. The van der Waals surface area contributed by atoms with Crippen molar-refractivity contribution in [3.05, 3.63) is 71.8 Å². The molecule has 0 amide bonds. The number of likely N-dealkylation sites (N-methyl/N-ethyl adjacent to an activating group) is 1. The molecule has 2 aromatic carbocycles. The van der Waals surface area contributed by atoms with Crippen LogP contribution in [0.4, 0.5) is 0 Å². The van der Waals surface area contributed by atoms with Gasteiger partial charge in [-0.25, -0.2) is 0 Å². The van der Waals surface area contributed by atoms with Crippen LogP contribution in [0.25, 0.3) is 0 Å². The van der Waals surface area contributed by atoms with Crippen molar-refractivity contribution in [3.63, 3.8) is 0 Å². The largest absolute Gasteiger partial charge is 0.349 e. The second-order valence-corrected chi connectivity index (χ2v) is 6.02. The van der Waals surface area contributed by atoms with Gasteiger partial charge in [0.1, 0.15) is 0 Å². The molecule has 0 spiro atoms. The Labute approximate surface area is 132 Å². The highest BCUT2D eigenvalue weighted by atomic mass is 16.7. The summed E-state index contributed by atoms with van der Waals surface area (Å²) in [5.74, 6) is 0.106. The number of benzene rings is 2. The van der Waals surface area contributed by atoms with Crippen molar-refractivity contribution in [3.8, 4) is 0 Å². The predicted octanol–water partition coefficient (Wildman–Crippen LogP) is 3.12. The molecular weight excluding hydrogens is 274 g/mol. The van der Waals surface area contributed by atoms with Crippen LogP contribution in [0.3, 0.4) is 0 Å². The van der Waals surface area contributed by atoms with Crippen molar-refractivity contribution in [1.29, 1.82) is 0 Å². The van der Waals surface area contributed by atoms with Crippen molar-refractivity contribution in [1.82, 2.24) is 4.90 Å². The minimum atomic E-state index is -0.227. The number of nitrogens with zero attached hydrogens (tertiary/aromatic N) is 1. The molecule has 0 bridgehead atoms. The standard InChI is InChI=1S/C19H23NO2/c1-20(2)13-17-14-21-19(22-17)18(15-9-5-3-6-10-15)16-11-7-4-8-12-16/h3-12,17-19H,13-14H2,1-2H3/t17-,19+/m1/s1. The maximum atomic E-state index is 6.18. The van der Waals surface area contributed by atoms with Gasteiger partial charge in [0.05, 0.1) is 18.6 Å². The summed E-state index contributed by atoms with van der Waals surface area (Å²) in [6.45, 7) is 1.53. The Balaban J connectivity index is 1.84. The van der Waals surface area contributed by atoms with E-state index < -0.39 is 0 Å². The first-order chi connectivity index (χ1) is 10.7. The van der Waals surface area contributed by atoms with Gasteiger partial charge in [-0.2, -0.15) is 0 Å². The van der Waals surface area contributed by atoms with E-state index in [-0.39, 0.29) is 18.3 Å². The fourth-order valence-electron chi connectivity index (χ4n) is 2.98. The van der Waals surface area contributed by atoms with Crippen LogP contribution >= 0.6 is 0 Å². The smallest absolute Gasteiger partial charge is 0.169 e. The number of hydrogen-bond donors (Lipinski definition) is 0. The zero-order chi connectivity index (χ0) is 15.4. The lowest BCUT2D eigenvalue weighted by molar-refractivity contribution is -0.0697. The predicted molar refractivity (Wildman–Crippen MR) is 87.9 cm³/mol. The molecule has 116 valence electrons. The molecular formula is C19H23NO2. The van der Waals surface area contributed by atoms with E-state index in [0.717, 1.165) is 6.54 Å². The maximum absolute atomic E-state index is 6.18. The van der Waals surface area contributed by atoms with E-state index in [1.165, 1.54) is 11.1 Å². The summed E-state index contributed by atoms with van der Waals surface area (Å²) in [5, 5.41) is 0. The molecule has 1 aliphatic rings. The summed E-state index contributed by atoms with van der Waals surface area (Å²) in [6.07, 6.45) is -0.0929. The summed E-state index contributed by atoms with van der Waals surface area (Å²) in [5.41, 5.74) is 2.45. The van der Waals surface area contributed by atoms with Gasteiger partial charge >= 0.3 is 0 Å². The normalized spacial score (nSPS) is 21.6. The highest BCUT2D eigenvalue weighted by Crippen LogP contribution is 2.33. The van der Waals surface area contributed by atoms with Gasteiger partial charge in [0.15, 0.2) is 6.29 Å². The molecule has 0 unspecified atom stereocenters. The Morgan fingerprint density at radius 2 is 1.50 bits per heavy atom. The van der Waals surface area contributed by atoms with E-state index in [4.69, 9.17) is 9.47 Å². The van der Waals surface area contributed by atoms with Crippen LogP contribution in [-0.2, 0) is 9.47 Å². The Morgan fingerprint density at radius 1 is 0.955 bits per heavy atom. The number of rotatable bonds is 5. The molecule has 0 N–H and O–H groups in total. The zero-order valence-corrected chi connectivity index (χ0v) is 13.2. The van der Waals surface area contributed by atoms with Crippen LogP contribution in [0.1, 0.15) is 17.0 Å². The first-order valence-electron chi connectivity index (χ1n) is 7.75. The molecule has 1 fully saturated rings. The monoisotopic (exact) mass is 297 g/mol. The molecule has 1 saturated heterocycles. The van der Waals surface area contributed by atoms with E-state index in [1.54, 1.807) is 0 Å². The number of hydrogen-bond acceptors (Lipinski definition) is 3. The van der Waals surface area contributed by atoms with E-state index in [2.05, 4.69) is 67.5 Å². The van der Waals surface area contributed by atoms with E-state index in [0.29, 0.717) is 6.61 Å². The van der Waals surface area contributed by atoms with Crippen LogP contribution in [0.2, 0.25) is 0 Å². The van der Waals surface area contributed by atoms with Crippen LogP contribution in [0, 0.1) is 0 Å². The molecule has 1 aliphatic heterocycles. The summed E-state index contributed by atoms with van der Waals surface area (Å²) in [4.78, 5) is 2.14. The lowest BCUT2D eigenvalue weighted by atomic mass is 9.91. The fraction of sp³-hybridized carbons (Fsp3) is 0.368. The molecule has 22 heavy (non-hydrogen) atoms. The van der Waals surface area contributed by atoms with Crippen LogP contribution in [-0.4, -0.2) is 44.5 Å². The first-order valence-corrected chi connectivity index (χ1v) is 7.75. The Morgan fingerprint density at radius 3 is 2.00 bits per heavy atom. The van der Waals surface area contributed by atoms with Gasteiger partial charge in [-0.05, 0) is 25.2 Å². The summed E-state index contributed by atoms with van der Waals surface area (Å²) in [7, 11) is 4.12. The van der Waals surface area contributed by atoms with Crippen molar-refractivity contribution >= 4 is 0 Å². The minimum absolute atomic E-state index is 0.106.